The van der Waals surface area contributed by atoms with Gasteiger partial charge in [-0.15, -0.1) is 0 Å². The molecular weight excluding hydrogens is 502 g/mol. The van der Waals surface area contributed by atoms with Crippen molar-refractivity contribution in [2.75, 3.05) is 7.11 Å². The highest BCUT2D eigenvalue weighted by molar-refractivity contribution is 5.81. The number of rotatable bonds is 9. The van der Waals surface area contributed by atoms with Gasteiger partial charge in [0.15, 0.2) is 5.60 Å². The Morgan fingerprint density at radius 1 is 0.700 bits per heavy atom. The van der Waals surface area contributed by atoms with E-state index in [0.29, 0.717) is 5.75 Å². The molecule has 1 amide bonds. The van der Waals surface area contributed by atoms with Crippen molar-refractivity contribution in [3.05, 3.63) is 138 Å². The molecule has 4 aromatic carbocycles. The van der Waals surface area contributed by atoms with E-state index in [9.17, 15) is 9.59 Å². The normalized spacial score (nSPS) is 12.2. The quantitative estimate of drug-likeness (QED) is 0.191. The van der Waals surface area contributed by atoms with Crippen molar-refractivity contribution < 1.29 is 23.8 Å². The Labute approximate surface area is 235 Å². The van der Waals surface area contributed by atoms with Crippen LogP contribution in [-0.4, -0.2) is 30.8 Å². The molecule has 0 aliphatic rings. The number of carbonyl (C=O) groups is 2. The SMILES string of the molecule is COC(=O)[C@H](Cc1ccc(OC(c2ccccc2)(c2ccccc2)c2ccccc2)cc1)NC(=O)OC(C)(C)C. The van der Waals surface area contributed by atoms with Gasteiger partial charge in [-0.05, 0) is 38.5 Å². The van der Waals surface area contributed by atoms with Crippen molar-refractivity contribution in [1.29, 1.82) is 0 Å². The molecule has 206 valence electrons. The highest BCUT2D eigenvalue weighted by Crippen LogP contribution is 2.41. The van der Waals surface area contributed by atoms with E-state index in [4.69, 9.17) is 14.2 Å². The summed E-state index contributed by atoms with van der Waals surface area (Å²) in [6, 6.07) is 37.0. The average Bonchev–Trinajstić information content (AvgIpc) is 2.96. The van der Waals surface area contributed by atoms with E-state index in [0.717, 1.165) is 22.3 Å². The summed E-state index contributed by atoms with van der Waals surface area (Å²) < 4.78 is 17.2. The standard InChI is InChI=1S/C34H35NO5/c1-33(2,3)40-32(37)35-30(31(36)38-4)24-25-20-22-29(23-21-25)39-34(26-14-8-5-9-15-26,27-16-10-6-11-17-27)28-18-12-7-13-19-28/h5-23,30H,24H2,1-4H3,(H,35,37)/t30-/m0/s1. The number of hydrogen-bond acceptors (Lipinski definition) is 5. The summed E-state index contributed by atoms with van der Waals surface area (Å²) in [5, 5.41) is 2.62. The minimum atomic E-state index is -0.905. The second-order valence-corrected chi connectivity index (χ2v) is 10.5. The van der Waals surface area contributed by atoms with Crippen molar-refractivity contribution in [2.45, 2.75) is 44.4 Å². The molecule has 0 heterocycles. The summed E-state index contributed by atoms with van der Waals surface area (Å²) >= 11 is 0. The summed E-state index contributed by atoms with van der Waals surface area (Å²) in [6.45, 7) is 5.29. The largest absolute Gasteiger partial charge is 0.473 e. The Morgan fingerprint density at radius 3 is 1.55 bits per heavy atom. The van der Waals surface area contributed by atoms with Gasteiger partial charge >= 0.3 is 12.1 Å². The van der Waals surface area contributed by atoms with Gasteiger partial charge in [-0.25, -0.2) is 9.59 Å². The fourth-order valence-corrected chi connectivity index (χ4v) is 4.59. The number of hydrogen-bond donors (Lipinski definition) is 1. The Morgan fingerprint density at radius 2 is 1.15 bits per heavy atom. The minimum Gasteiger partial charge on any atom is -0.473 e. The molecular formula is C34H35NO5. The van der Waals surface area contributed by atoms with Crippen LogP contribution < -0.4 is 10.1 Å². The van der Waals surface area contributed by atoms with E-state index in [1.165, 1.54) is 7.11 Å². The Balaban J connectivity index is 1.66. The van der Waals surface area contributed by atoms with Gasteiger partial charge in [-0.3, -0.25) is 0 Å². The van der Waals surface area contributed by atoms with E-state index in [-0.39, 0.29) is 6.42 Å². The molecule has 0 bridgehead atoms. The number of benzene rings is 4. The van der Waals surface area contributed by atoms with Crippen LogP contribution in [0.25, 0.3) is 0 Å². The molecule has 0 aromatic heterocycles. The third-order valence-corrected chi connectivity index (χ3v) is 6.35. The number of nitrogens with one attached hydrogen (secondary N) is 1. The Hall–Kier alpha value is -4.58. The number of ether oxygens (including phenoxy) is 3. The van der Waals surface area contributed by atoms with Gasteiger partial charge in [0.2, 0.25) is 0 Å². The lowest BCUT2D eigenvalue weighted by Crippen LogP contribution is -2.45. The lowest BCUT2D eigenvalue weighted by Gasteiger charge is -2.36. The molecule has 4 rings (SSSR count). The lowest BCUT2D eigenvalue weighted by atomic mass is 9.80. The van der Waals surface area contributed by atoms with Crippen LogP contribution in [0.5, 0.6) is 5.75 Å². The highest BCUT2D eigenvalue weighted by atomic mass is 16.6. The zero-order valence-corrected chi connectivity index (χ0v) is 23.3. The van der Waals surface area contributed by atoms with Crippen molar-refractivity contribution >= 4 is 12.1 Å². The van der Waals surface area contributed by atoms with Gasteiger partial charge in [0.25, 0.3) is 0 Å². The van der Waals surface area contributed by atoms with Crippen LogP contribution in [-0.2, 0) is 26.3 Å². The molecule has 40 heavy (non-hydrogen) atoms. The van der Waals surface area contributed by atoms with Crippen molar-refractivity contribution in [1.82, 2.24) is 5.32 Å². The highest BCUT2D eigenvalue weighted by Gasteiger charge is 2.39. The van der Waals surface area contributed by atoms with Crippen LogP contribution in [0.4, 0.5) is 4.79 Å². The van der Waals surface area contributed by atoms with Crippen LogP contribution in [0.15, 0.2) is 115 Å². The van der Waals surface area contributed by atoms with Crippen LogP contribution in [0, 0.1) is 0 Å². The first-order valence-electron chi connectivity index (χ1n) is 13.2. The molecule has 0 spiro atoms. The van der Waals surface area contributed by atoms with Gasteiger partial charge in [0.05, 0.1) is 7.11 Å². The Bertz CT molecular complexity index is 1280. The summed E-state index contributed by atoms with van der Waals surface area (Å²) in [6.07, 6.45) is -0.450. The topological polar surface area (TPSA) is 73.9 Å². The first kappa shape index (κ1) is 28.4. The van der Waals surface area contributed by atoms with Crippen molar-refractivity contribution in [3.63, 3.8) is 0 Å². The maximum atomic E-state index is 12.4. The van der Waals surface area contributed by atoms with E-state index in [1.807, 2.05) is 78.9 Å². The van der Waals surface area contributed by atoms with E-state index in [1.54, 1.807) is 20.8 Å². The van der Waals surface area contributed by atoms with Gasteiger partial charge in [-0.1, -0.05) is 103 Å². The summed E-state index contributed by atoms with van der Waals surface area (Å²) in [5.41, 5.74) is 2.20. The molecule has 4 aromatic rings. The first-order chi connectivity index (χ1) is 19.2. The zero-order valence-electron chi connectivity index (χ0n) is 23.3. The molecule has 0 unspecified atom stereocenters. The third-order valence-electron chi connectivity index (χ3n) is 6.35. The van der Waals surface area contributed by atoms with E-state index in [2.05, 4.69) is 41.7 Å². The predicted octanol–water partition coefficient (Wildman–Crippen LogP) is 6.67. The fraction of sp³-hybridized carbons (Fsp3) is 0.235. The van der Waals surface area contributed by atoms with E-state index < -0.39 is 29.3 Å². The van der Waals surface area contributed by atoms with Gasteiger partial charge in [0, 0.05) is 23.1 Å². The van der Waals surface area contributed by atoms with Crippen LogP contribution in [0.3, 0.4) is 0 Å². The van der Waals surface area contributed by atoms with Crippen molar-refractivity contribution in [3.8, 4) is 5.75 Å². The molecule has 6 heteroatoms. The molecule has 1 atom stereocenters. The molecule has 0 aliphatic heterocycles. The minimum absolute atomic E-state index is 0.230. The van der Waals surface area contributed by atoms with Crippen molar-refractivity contribution in [2.24, 2.45) is 0 Å². The molecule has 0 radical (unpaired) electrons. The summed E-state index contributed by atoms with van der Waals surface area (Å²) in [5.74, 6) is 0.0949. The number of esters is 1. The predicted molar refractivity (Wildman–Crippen MR) is 155 cm³/mol. The fourth-order valence-electron chi connectivity index (χ4n) is 4.59. The molecule has 0 fully saturated rings. The molecule has 1 N–H and O–H groups in total. The van der Waals surface area contributed by atoms with Gasteiger partial charge < -0.3 is 19.5 Å². The molecule has 0 aliphatic carbocycles. The van der Waals surface area contributed by atoms with Crippen LogP contribution in [0.2, 0.25) is 0 Å². The van der Waals surface area contributed by atoms with Gasteiger partial charge in [0.1, 0.15) is 17.4 Å². The second-order valence-electron chi connectivity index (χ2n) is 10.5. The zero-order chi connectivity index (χ0) is 28.6. The number of alkyl carbamates (subject to hydrolysis) is 1. The molecule has 0 saturated carbocycles. The first-order valence-corrected chi connectivity index (χ1v) is 13.2. The molecule has 6 nitrogen and oxygen atoms in total. The maximum absolute atomic E-state index is 12.4. The number of methoxy groups -OCH3 is 1. The Kier molecular flexibility index (Phi) is 8.90. The number of carbonyl (C=O) groups excluding carboxylic acids is 2. The van der Waals surface area contributed by atoms with Crippen LogP contribution in [0.1, 0.15) is 43.0 Å². The molecule has 0 saturated heterocycles. The van der Waals surface area contributed by atoms with E-state index >= 15 is 0 Å². The summed E-state index contributed by atoms with van der Waals surface area (Å²) in [7, 11) is 1.29. The number of amides is 1. The second kappa shape index (κ2) is 12.5. The smallest absolute Gasteiger partial charge is 0.408 e. The van der Waals surface area contributed by atoms with Gasteiger partial charge in [-0.2, -0.15) is 0 Å². The summed E-state index contributed by atoms with van der Waals surface area (Å²) in [4.78, 5) is 24.8. The lowest BCUT2D eigenvalue weighted by molar-refractivity contribution is -0.143. The monoisotopic (exact) mass is 537 g/mol. The third kappa shape index (κ3) is 6.89. The maximum Gasteiger partial charge on any atom is 0.408 e. The van der Waals surface area contributed by atoms with Crippen LogP contribution >= 0.6 is 0 Å². The average molecular weight is 538 g/mol.